The van der Waals surface area contributed by atoms with Crippen LogP contribution < -0.4 is 10.6 Å². The summed E-state index contributed by atoms with van der Waals surface area (Å²) in [5.74, 6) is 4.03. The van der Waals surface area contributed by atoms with Crippen molar-refractivity contribution in [2.24, 2.45) is 33.7 Å². The highest BCUT2D eigenvalue weighted by Crippen LogP contribution is 2.67. The van der Waals surface area contributed by atoms with Crippen molar-refractivity contribution in [3.05, 3.63) is 11.6 Å². The van der Waals surface area contributed by atoms with Gasteiger partial charge >= 0.3 is 0 Å². The Morgan fingerprint density at radius 3 is 2.81 bits per heavy atom. The predicted octanol–water partition coefficient (Wildman–Crippen LogP) is 3.47. The maximum atomic E-state index is 12.3. The van der Waals surface area contributed by atoms with E-state index in [9.17, 15) is 14.7 Å². The first-order chi connectivity index (χ1) is 17.2. The van der Waals surface area contributed by atoms with Crippen molar-refractivity contribution in [1.29, 1.82) is 0 Å². The molecule has 196 valence electrons. The van der Waals surface area contributed by atoms with E-state index in [1.807, 2.05) is 0 Å². The minimum Gasteiger partial charge on any atom is -0.385 e. The molecule has 0 aromatic rings. The first kappa shape index (κ1) is 25.3. The van der Waals surface area contributed by atoms with Gasteiger partial charge in [0.2, 0.25) is 5.91 Å². The number of terminal acetylenes is 1. The van der Waals surface area contributed by atoms with Gasteiger partial charge in [-0.3, -0.25) is 9.59 Å². The van der Waals surface area contributed by atoms with Gasteiger partial charge in [0.05, 0.1) is 5.71 Å². The molecule has 2 amide bonds. The molecule has 0 bridgehead atoms. The Morgan fingerprint density at radius 1 is 1.19 bits per heavy atom. The van der Waals surface area contributed by atoms with E-state index >= 15 is 0 Å². The normalized spacial score (nSPS) is 43.1. The Kier molecular flexibility index (Phi) is 6.70. The molecule has 4 fully saturated rings. The molecule has 1 heterocycles. The molecule has 1 aliphatic heterocycles. The number of oxime groups is 1. The molecule has 7 heteroatoms. The van der Waals surface area contributed by atoms with E-state index in [1.54, 1.807) is 0 Å². The second kappa shape index (κ2) is 9.52. The summed E-state index contributed by atoms with van der Waals surface area (Å²) in [6, 6.07) is -0.488. The second-order valence-corrected chi connectivity index (χ2v) is 12.3. The third-order valence-electron chi connectivity index (χ3n) is 10.6. The Bertz CT molecular complexity index is 1010. The molecule has 5 rings (SSSR count). The Morgan fingerprint density at radius 2 is 2.00 bits per heavy atom. The first-order valence-electron chi connectivity index (χ1n) is 13.9. The number of carbonyl (C=O) groups is 2. The predicted molar refractivity (Wildman–Crippen MR) is 138 cm³/mol. The highest BCUT2D eigenvalue weighted by Gasteiger charge is 2.63. The van der Waals surface area contributed by atoms with Crippen LogP contribution >= 0.6 is 0 Å². The van der Waals surface area contributed by atoms with Crippen molar-refractivity contribution in [3.63, 3.8) is 0 Å². The number of hydrogen-bond donors (Lipinski definition) is 3. The lowest BCUT2D eigenvalue weighted by Gasteiger charge is -2.58. The van der Waals surface area contributed by atoms with Crippen LogP contribution in [0.1, 0.15) is 84.5 Å². The van der Waals surface area contributed by atoms with Gasteiger partial charge in [0.15, 0.2) is 6.61 Å². The molecular weight excluding hydrogens is 454 g/mol. The summed E-state index contributed by atoms with van der Waals surface area (Å²) in [5.41, 5.74) is 1.35. The number of nitrogens with one attached hydrogen (secondary N) is 2. The van der Waals surface area contributed by atoms with Gasteiger partial charge in [-0.15, -0.1) is 6.42 Å². The van der Waals surface area contributed by atoms with Gasteiger partial charge < -0.3 is 20.6 Å². The largest absolute Gasteiger partial charge is 0.385 e. The van der Waals surface area contributed by atoms with Crippen LogP contribution in [0.2, 0.25) is 0 Å². The number of hydrogen-bond acceptors (Lipinski definition) is 5. The molecule has 5 aliphatic rings. The van der Waals surface area contributed by atoms with Crippen molar-refractivity contribution in [2.45, 2.75) is 96.1 Å². The van der Waals surface area contributed by atoms with Crippen molar-refractivity contribution in [3.8, 4) is 12.3 Å². The SMILES string of the molecule is C#C[C@@]1(O)CC[C@@H]2[C@@H]3CCC4=CC(=NOCC(=O)N[C@@H]5CCCCNC5=O)CC[C@]4(C)[C@H]3CC[C@@]21C. The second-order valence-electron chi connectivity index (χ2n) is 12.3. The minimum atomic E-state index is -0.963. The summed E-state index contributed by atoms with van der Waals surface area (Å²) in [4.78, 5) is 29.8. The van der Waals surface area contributed by atoms with Gasteiger partial charge in [0, 0.05) is 12.0 Å². The van der Waals surface area contributed by atoms with Gasteiger partial charge in [0.1, 0.15) is 11.6 Å². The molecule has 7 nitrogen and oxygen atoms in total. The summed E-state index contributed by atoms with van der Waals surface area (Å²) in [6.45, 7) is 5.13. The molecule has 0 radical (unpaired) electrons. The highest BCUT2D eigenvalue weighted by atomic mass is 16.6. The van der Waals surface area contributed by atoms with Gasteiger partial charge in [-0.2, -0.15) is 0 Å². The Balaban J connectivity index is 1.21. The van der Waals surface area contributed by atoms with Crippen LogP contribution in [-0.4, -0.2) is 47.4 Å². The number of allylic oxidation sites excluding steroid dienone is 2. The average Bonchev–Trinajstić information content (AvgIpc) is 2.98. The average molecular weight is 496 g/mol. The van der Waals surface area contributed by atoms with Crippen LogP contribution in [0.3, 0.4) is 0 Å². The van der Waals surface area contributed by atoms with Gasteiger partial charge in [-0.05, 0) is 99.9 Å². The fraction of sp³-hybridized carbons (Fsp3) is 0.759. The summed E-state index contributed by atoms with van der Waals surface area (Å²) in [5, 5.41) is 21.1. The lowest BCUT2D eigenvalue weighted by Crippen LogP contribution is -2.54. The lowest BCUT2D eigenvalue weighted by molar-refractivity contribution is -0.131. The number of nitrogens with zero attached hydrogens (tertiary/aromatic N) is 1. The van der Waals surface area contributed by atoms with Crippen LogP contribution in [0, 0.1) is 40.9 Å². The van der Waals surface area contributed by atoms with Crippen molar-refractivity contribution < 1.29 is 19.5 Å². The van der Waals surface area contributed by atoms with E-state index in [4.69, 9.17) is 11.3 Å². The maximum Gasteiger partial charge on any atom is 0.261 e. The molecule has 7 atom stereocenters. The van der Waals surface area contributed by atoms with Crippen LogP contribution in [-0.2, 0) is 14.4 Å². The van der Waals surface area contributed by atoms with E-state index in [2.05, 4.69) is 41.6 Å². The van der Waals surface area contributed by atoms with E-state index in [1.165, 1.54) is 5.57 Å². The van der Waals surface area contributed by atoms with E-state index in [0.717, 1.165) is 69.9 Å². The molecule has 36 heavy (non-hydrogen) atoms. The fourth-order valence-corrected chi connectivity index (χ4v) is 8.38. The minimum absolute atomic E-state index is 0.122. The number of carbonyl (C=O) groups excluding carboxylic acids is 2. The molecule has 4 aliphatic carbocycles. The summed E-state index contributed by atoms with van der Waals surface area (Å²) in [7, 11) is 0. The molecule has 1 saturated heterocycles. The van der Waals surface area contributed by atoms with E-state index < -0.39 is 11.6 Å². The molecule has 0 unspecified atom stereocenters. The molecule has 0 aromatic heterocycles. The van der Waals surface area contributed by atoms with Gasteiger partial charge in [-0.25, -0.2) is 0 Å². The summed E-state index contributed by atoms with van der Waals surface area (Å²) >= 11 is 0. The zero-order valence-electron chi connectivity index (χ0n) is 21.8. The van der Waals surface area contributed by atoms with Crippen LogP contribution in [0.5, 0.6) is 0 Å². The zero-order valence-corrected chi connectivity index (χ0v) is 21.8. The third kappa shape index (κ3) is 4.16. The first-order valence-corrected chi connectivity index (χ1v) is 13.9. The molecule has 0 aromatic carbocycles. The van der Waals surface area contributed by atoms with E-state index in [0.29, 0.717) is 30.7 Å². The lowest BCUT2D eigenvalue weighted by atomic mass is 9.46. The van der Waals surface area contributed by atoms with Crippen LogP contribution in [0.4, 0.5) is 0 Å². The number of amides is 2. The van der Waals surface area contributed by atoms with Gasteiger partial charge in [-0.1, -0.05) is 30.5 Å². The standard InChI is InChI=1S/C29H41N3O4/c1-4-29(35)15-12-23-21-9-8-19-17-20(10-13-27(19,2)22(21)11-14-28(23,29)3)32-36-18-25(33)31-24-7-5-6-16-30-26(24)34/h1,17,21-24,35H,5-16,18H2,2-3H3,(H,30,34)(H,31,33)/t21-,22+,23-,24-,27+,28+,29-/m1/s1. The smallest absolute Gasteiger partial charge is 0.261 e. The fourth-order valence-electron chi connectivity index (χ4n) is 8.38. The quantitative estimate of drug-likeness (QED) is 0.411. The molecule has 3 N–H and O–H groups in total. The van der Waals surface area contributed by atoms with Crippen LogP contribution in [0.15, 0.2) is 16.8 Å². The zero-order chi connectivity index (χ0) is 25.6. The Hall–Kier alpha value is -2.33. The maximum absolute atomic E-state index is 12.3. The topological polar surface area (TPSA) is 100 Å². The molecule has 0 spiro atoms. The Labute approximate surface area is 214 Å². The van der Waals surface area contributed by atoms with Gasteiger partial charge in [0.25, 0.3) is 5.91 Å². The molecule has 3 saturated carbocycles. The van der Waals surface area contributed by atoms with Crippen LogP contribution in [0.25, 0.3) is 0 Å². The van der Waals surface area contributed by atoms with Crippen molar-refractivity contribution >= 4 is 17.5 Å². The molecular formula is C29H41N3O4. The van der Waals surface area contributed by atoms with Crippen molar-refractivity contribution in [1.82, 2.24) is 10.6 Å². The van der Waals surface area contributed by atoms with E-state index in [-0.39, 0.29) is 29.3 Å². The number of fused-ring (bicyclic) bond motifs is 5. The third-order valence-corrected chi connectivity index (χ3v) is 10.6. The summed E-state index contributed by atoms with van der Waals surface area (Å²) < 4.78 is 0. The summed E-state index contributed by atoms with van der Waals surface area (Å²) in [6.07, 6.45) is 18.4. The highest BCUT2D eigenvalue weighted by molar-refractivity contribution is 5.96. The van der Waals surface area contributed by atoms with Crippen molar-refractivity contribution in [2.75, 3.05) is 13.2 Å². The monoisotopic (exact) mass is 495 g/mol. The number of rotatable bonds is 4. The number of aliphatic hydroxyl groups is 1.